The van der Waals surface area contributed by atoms with Crippen molar-refractivity contribution in [3.05, 3.63) is 23.7 Å². The van der Waals surface area contributed by atoms with E-state index in [0.717, 1.165) is 12.2 Å². The molecule has 0 fully saturated rings. The van der Waals surface area contributed by atoms with Crippen LogP contribution in [0.25, 0.3) is 0 Å². The molecule has 0 aliphatic rings. The molecular formula is C7H11NO. The third-order valence-corrected chi connectivity index (χ3v) is 1.34. The van der Waals surface area contributed by atoms with E-state index in [1.165, 1.54) is 5.56 Å². The van der Waals surface area contributed by atoms with Gasteiger partial charge in [-0.2, -0.15) is 0 Å². The van der Waals surface area contributed by atoms with Crippen LogP contribution in [0.5, 0.6) is 0 Å². The van der Waals surface area contributed by atoms with Gasteiger partial charge in [0.15, 0.2) is 0 Å². The Hall–Kier alpha value is -0.760. The number of hydrogen-bond donors (Lipinski definition) is 1. The summed E-state index contributed by atoms with van der Waals surface area (Å²) in [6.07, 6.45) is 2.54. The molecule has 0 amide bonds. The minimum atomic E-state index is 0.661. The van der Waals surface area contributed by atoms with Crippen molar-refractivity contribution < 1.29 is 4.42 Å². The molecule has 0 aromatic carbocycles. The molecule has 2 heteroatoms. The number of nitrogens with two attached hydrogens (primary N) is 1. The van der Waals surface area contributed by atoms with Crippen LogP contribution in [-0.4, -0.2) is 6.54 Å². The molecule has 1 aromatic rings. The lowest BCUT2D eigenvalue weighted by Gasteiger charge is -1.91. The van der Waals surface area contributed by atoms with Gasteiger partial charge in [0.1, 0.15) is 5.76 Å². The highest BCUT2D eigenvalue weighted by molar-refractivity contribution is 5.14. The Labute approximate surface area is 54.7 Å². The summed E-state index contributed by atoms with van der Waals surface area (Å²) in [6.45, 7) is 2.68. The zero-order valence-corrected chi connectivity index (χ0v) is 5.55. The summed E-state index contributed by atoms with van der Waals surface area (Å²) in [5.74, 6) is 1.01. The number of hydrogen-bond acceptors (Lipinski definition) is 2. The van der Waals surface area contributed by atoms with Crippen LogP contribution in [0.15, 0.2) is 16.7 Å². The average molecular weight is 125 g/mol. The van der Waals surface area contributed by atoms with Gasteiger partial charge < -0.3 is 10.2 Å². The Morgan fingerprint density at radius 3 is 2.89 bits per heavy atom. The molecule has 2 nitrogen and oxygen atoms in total. The molecule has 0 radical (unpaired) electrons. The Balaban J connectivity index is 2.69. The lowest BCUT2D eigenvalue weighted by Crippen LogP contribution is -2.02. The summed E-state index contributed by atoms with van der Waals surface area (Å²) in [5, 5.41) is 0. The van der Waals surface area contributed by atoms with Crippen molar-refractivity contribution in [1.82, 2.24) is 0 Å². The van der Waals surface area contributed by atoms with Crippen molar-refractivity contribution in [3.8, 4) is 0 Å². The minimum Gasteiger partial charge on any atom is -0.469 e. The van der Waals surface area contributed by atoms with Crippen molar-refractivity contribution in [2.45, 2.75) is 13.3 Å². The SMILES string of the molecule is Cc1ccoc1CCN. The van der Waals surface area contributed by atoms with Gasteiger partial charge in [0.2, 0.25) is 0 Å². The molecule has 1 rings (SSSR count). The molecular weight excluding hydrogens is 114 g/mol. The van der Waals surface area contributed by atoms with Crippen LogP contribution in [0.4, 0.5) is 0 Å². The van der Waals surface area contributed by atoms with Crippen molar-refractivity contribution in [2.24, 2.45) is 5.73 Å². The molecule has 1 aromatic heterocycles. The second-order valence-corrected chi connectivity index (χ2v) is 2.07. The van der Waals surface area contributed by atoms with E-state index >= 15 is 0 Å². The molecule has 0 unspecified atom stereocenters. The van der Waals surface area contributed by atoms with Gasteiger partial charge in [-0.1, -0.05) is 0 Å². The van der Waals surface area contributed by atoms with Gasteiger partial charge >= 0.3 is 0 Å². The zero-order valence-electron chi connectivity index (χ0n) is 5.55. The molecule has 0 saturated heterocycles. The standard InChI is InChI=1S/C7H11NO/c1-6-3-5-9-7(6)2-4-8/h3,5H,2,4,8H2,1H3. The van der Waals surface area contributed by atoms with E-state index in [0.29, 0.717) is 6.54 Å². The van der Waals surface area contributed by atoms with Crippen LogP contribution in [0.3, 0.4) is 0 Å². The van der Waals surface area contributed by atoms with E-state index < -0.39 is 0 Å². The van der Waals surface area contributed by atoms with Gasteiger partial charge in [0.05, 0.1) is 6.26 Å². The van der Waals surface area contributed by atoms with Crippen LogP contribution < -0.4 is 5.73 Å². The summed E-state index contributed by atoms with van der Waals surface area (Å²) < 4.78 is 5.12. The predicted molar refractivity (Wildman–Crippen MR) is 36.2 cm³/mol. The van der Waals surface area contributed by atoms with Gasteiger partial charge in [-0.3, -0.25) is 0 Å². The fraction of sp³-hybridized carbons (Fsp3) is 0.429. The molecule has 2 N–H and O–H groups in total. The van der Waals surface area contributed by atoms with E-state index in [9.17, 15) is 0 Å². The van der Waals surface area contributed by atoms with Crippen LogP contribution in [0.2, 0.25) is 0 Å². The third-order valence-electron chi connectivity index (χ3n) is 1.34. The highest BCUT2D eigenvalue weighted by atomic mass is 16.3. The van der Waals surface area contributed by atoms with Gasteiger partial charge in [-0.15, -0.1) is 0 Å². The highest BCUT2D eigenvalue weighted by Gasteiger charge is 1.97. The van der Waals surface area contributed by atoms with Crippen LogP contribution >= 0.6 is 0 Å². The number of rotatable bonds is 2. The van der Waals surface area contributed by atoms with Crippen molar-refractivity contribution >= 4 is 0 Å². The van der Waals surface area contributed by atoms with E-state index in [1.807, 2.05) is 13.0 Å². The fourth-order valence-corrected chi connectivity index (χ4v) is 0.791. The maximum absolute atomic E-state index is 5.33. The van der Waals surface area contributed by atoms with E-state index in [2.05, 4.69) is 0 Å². The second-order valence-electron chi connectivity index (χ2n) is 2.07. The molecule has 0 aliphatic heterocycles. The van der Waals surface area contributed by atoms with Crippen molar-refractivity contribution in [2.75, 3.05) is 6.54 Å². The normalized spacial score (nSPS) is 10.0. The summed E-state index contributed by atoms with van der Waals surface area (Å²) in [7, 11) is 0. The minimum absolute atomic E-state index is 0.661. The quantitative estimate of drug-likeness (QED) is 0.642. The number of furan rings is 1. The molecule has 50 valence electrons. The maximum Gasteiger partial charge on any atom is 0.107 e. The topological polar surface area (TPSA) is 39.2 Å². The van der Waals surface area contributed by atoms with Gasteiger partial charge in [-0.05, 0) is 25.1 Å². The third kappa shape index (κ3) is 1.33. The lowest BCUT2D eigenvalue weighted by molar-refractivity contribution is 0.508. The Morgan fingerprint density at radius 1 is 1.67 bits per heavy atom. The Bertz CT molecular complexity index is 181. The summed E-state index contributed by atoms with van der Waals surface area (Å²) in [6, 6.07) is 1.95. The molecule has 0 saturated carbocycles. The monoisotopic (exact) mass is 125 g/mol. The van der Waals surface area contributed by atoms with Gasteiger partial charge in [0.25, 0.3) is 0 Å². The summed E-state index contributed by atoms with van der Waals surface area (Å²) >= 11 is 0. The predicted octanol–water partition coefficient (Wildman–Crippen LogP) is 1.09. The van der Waals surface area contributed by atoms with E-state index in [4.69, 9.17) is 10.2 Å². The Morgan fingerprint density at radius 2 is 2.44 bits per heavy atom. The number of aryl methyl sites for hydroxylation is 1. The van der Waals surface area contributed by atoms with Crippen LogP contribution in [0, 0.1) is 6.92 Å². The molecule has 9 heavy (non-hydrogen) atoms. The average Bonchev–Trinajstić information content (AvgIpc) is 2.18. The lowest BCUT2D eigenvalue weighted by atomic mass is 10.2. The van der Waals surface area contributed by atoms with E-state index in [-0.39, 0.29) is 0 Å². The largest absolute Gasteiger partial charge is 0.469 e. The second kappa shape index (κ2) is 2.69. The smallest absolute Gasteiger partial charge is 0.107 e. The molecule has 0 bridgehead atoms. The summed E-state index contributed by atoms with van der Waals surface area (Å²) in [4.78, 5) is 0. The van der Waals surface area contributed by atoms with Crippen molar-refractivity contribution in [1.29, 1.82) is 0 Å². The highest BCUT2D eigenvalue weighted by Crippen LogP contribution is 2.07. The first-order valence-electron chi connectivity index (χ1n) is 3.07. The molecule has 1 heterocycles. The molecule has 0 spiro atoms. The molecule has 0 aliphatic carbocycles. The summed E-state index contributed by atoms with van der Waals surface area (Å²) in [5.41, 5.74) is 6.52. The first-order chi connectivity index (χ1) is 4.34. The first kappa shape index (κ1) is 6.36. The van der Waals surface area contributed by atoms with E-state index in [1.54, 1.807) is 6.26 Å². The molecule has 0 atom stereocenters. The zero-order chi connectivity index (χ0) is 6.69. The van der Waals surface area contributed by atoms with Crippen LogP contribution in [0.1, 0.15) is 11.3 Å². The Kier molecular flexibility index (Phi) is 1.90. The maximum atomic E-state index is 5.33. The first-order valence-corrected chi connectivity index (χ1v) is 3.07. The van der Waals surface area contributed by atoms with Crippen molar-refractivity contribution in [3.63, 3.8) is 0 Å². The van der Waals surface area contributed by atoms with Gasteiger partial charge in [-0.25, -0.2) is 0 Å². The van der Waals surface area contributed by atoms with Gasteiger partial charge in [0, 0.05) is 6.42 Å². The van der Waals surface area contributed by atoms with Crippen LogP contribution in [-0.2, 0) is 6.42 Å². The fourth-order valence-electron chi connectivity index (χ4n) is 0.791.